The van der Waals surface area contributed by atoms with Gasteiger partial charge in [-0.1, -0.05) is 39.8 Å². The summed E-state index contributed by atoms with van der Waals surface area (Å²) in [6, 6.07) is 6.64. The van der Waals surface area contributed by atoms with E-state index in [1.54, 1.807) is 38.1 Å². The van der Waals surface area contributed by atoms with Gasteiger partial charge < -0.3 is 5.11 Å². The molecular formula is C15H23NO4S. The number of carboxylic acid groups (broad SMARTS) is 1. The van der Waals surface area contributed by atoms with Crippen molar-refractivity contribution in [2.45, 2.75) is 38.5 Å². The third-order valence-corrected chi connectivity index (χ3v) is 4.91. The molecule has 2 N–H and O–H groups in total. The zero-order chi connectivity index (χ0) is 16.2. The standard InChI is InChI=1S/C15H23NO4S/c1-10(2)12-5-7-13(8-6-12)21(19,20)16-9-14(11(3)4)15(17)18/h5-8,10-11,14,16H,9H2,1-4H3,(H,17,18). The molecule has 1 atom stereocenters. The Balaban J connectivity index is 2.84. The van der Waals surface area contributed by atoms with E-state index in [1.807, 2.05) is 13.8 Å². The SMILES string of the molecule is CC(C)c1ccc(S(=O)(=O)NCC(C(=O)O)C(C)C)cc1. The highest BCUT2D eigenvalue weighted by Gasteiger charge is 2.24. The van der Waals surface area contributed by atoms with Crippen LogP contribution in [-0.2, 0) is 14.8 Å². The van der Waals surface area contributed by atoms with E-state index < -0.39 is 21.9 Å². The van der Waals surface area contributed by atoms with Crippen molar-refractivity contribution < 1.29 is 18.3 Å². The quantitative estimate of drug-likeness (QED) is 0.810. The van der Waals surface area contributed by atoms with Crippen LogP contribution in [0.1, 0.15) is 39.2 Å². The van der Waals surface area contributed by atoms with Gasteiger partial charge in [0.15, 0.2) is 0 Å². The summed E-state index contributed by atoms with van der Waals surface area (Å²) >= 11 is 0. The molecule has 1 unspecified atom stereocenters. The second-order valence-corrected chi connectivity index (χ2v) is 7.53. The zero-order valence-corrected chi connectivity index (χ0v) is 13.6. The monoisotopic (exact) mass is 313 g/mol. The minimum atomic E-state index is -3.68. The fraction of sp³-hybridized carbons (Fsp3) is 0.533. The molecular weight excluding hydrogens is 290 g/mol. The average Bonchev–Trinajstić information content (AvgIpc) is 2.38. The number of sulfonamides is 1. The summed E-state index contributed by atoms with van der Waals surface area (Å²) in [5.41, 5.74) is 1.06. The molecule has 0 aliphatic carbocycles. The molecule has 0 fully saturated rings. The van der Waals surface area contributed by atoms with Crippen LogP contribution >= 0.6 is 0 Å². The van der Waals surface area contributed by atoms with E-state index in [-0.39, 0.29) is 17.4 Å². The van der Waals surface area contributed by atoms with Crippen molar-refractivity contribution >= 4 is 16.0 Å². The first-order valence-corrected chi connectivity index (χ1v) is 8.46. The molecule has 5 nitrogen and oxygen atoms in total. The van der Waals surface area contributed by atoms with Gasteiger partial charge in [-0.15, -0.1) is 0 Å². The molecule has 0 radical (unpaired) electrons. The summed E-state index contributed by atoms with van der Waals surface area (Å²) in [5.74, 6) is -1.56. The molecule has 0 saturated heterocycles. The topological polar surface area (TPSA) is 83.5 Å². The molecule has 0 amide bonds. The van der Waals surface area contributed by atoms with E-state index in [4.69, 9.17) is 5.11 Å². The summed E-state index contributed by atoms with van der Waals surface area (Å²) in [5, 5.41) is 9.07. The van der Waals surface area contributed by atoms with Gasteiger partial charge in [0.05, 0.1) is 10.8 Å². The maximum atomic E-state index is 12.2. The largest absolute Gasteiger partial charge is 0.481 e. The van der Waals surface area contributed by atoms with Crippen molar-refractivity contribution in [3.05, 3.63) is 29.8 Å². The van der Waals surface area contributed by atoms with Gasteiger partial charge in [0.1, 0.15) is 0 Å². The smallest absolute Gasteiger partial charge is 0.308 e. The van der Waals surface area contributed by atoms with Gasteiger partial charge in [-0.2, -0.15) is 0 Å². The van der Waals surface area contributed by atoms with Gasteiger partial charge in [-0.25, -0.2) is 13.1 Å². The molecule has 0 aliphatic heterocycles. The molecule has 0 saturated carbocycles. The van der Waals surface area contributed by atoms with Crippen LogP contribution in [0, 0.1) is 11.8 Å². The number of rotatable bonds is 7. The van der Waals surface area contributed by atoms with Crippen molar-refractivity contribution in [3.8, 4) is 0 Å². The van der Waals surface area contributed by atoms with Crippen LogP contribution in [0.2, 0.25) is 0 Å². The lowest BCUT2D eigenvalue weighted by Crippen LogP contribution is -2.35. The summed E-state index contributed by atoms with van der Waals surface area (Å²) in [7, 11) is -3.68. The van der Waals surface area contributed by atoms with Crippen LogP contribution < -0.4 is 4.72 Å². The van der Waals surface area contributed by atoms with E-state index in [9.17, 15) is 13.2 Å². The summed E-state index contributed by atoms with van der Waals surface area (Å²) < 4.78 is 26.7. The van der Waals surface area contributed by atoms with Crippen LogP contribution in [0.3, 0.4) is 0 Å². The Kier molecular flexibility index (Phi) is 5.92. The molecule has 0 spiro atoms. The number of hydrogen-bond donors (Lipinski definition) is 2. The highest BCUT2D eigenvalue weighted by molar-refractivity contribution is 7.89. The molecule has 118 valence electrons. The number of carboxylic acids is 1. The van der Waals surface area contributed by atoms with E-state index in [1.165, 1.54) is 0 Å². The Bertz CT molecular complexity index is 576. The van der Waals surface area contributed by atoms with Crippen LogP contribution in [0.5, 0.6) is 0 Å². The normalized spacial score (nSPS) is 13.6. The third kappa shape index (κ3) is 4.82. The van der Waals surface area contributed by atoms with Gasteiger partial charge >= 0.3 is 5.97 Å². The fourth-order valence-electron chi connectivity index (χ4n) is 1.92. The lowest BCUT2D eigenvalue weighted by atomic mass is 9.97. The predicted octanol–water partition coefficient (Wildman–Crippen LogP) is 2.45. The maximum absolute atomic E-state index is 12.2. The van der Waals surface area contributed by atoms with E-state index in [2.05, 4.69) is 4.72 Å². The molecule has 0 aromatic heterocycles. The van der Waals surface area contributed by atoms with Crippen LogP contribution in [0.4, 0.5) is 0 Å². The van der Waals surface area contributed by atoms with E-state index in [0.29, 0.717) is 5.92 Å². The van der Waals surface area contributed by atoms with Crippen molar-refractivity contribution in [3.63, 3.8) is 0 Å². The predicted molar refractivity (Wildman–Crippen MR) is 81.7 cm³/mol. The maximum Gasteiger partial charge on any atom is 0.308 e. The number of hydrogen-bond acceptors (Lipinski definition) is 3. The lowest BCUT2D eigenvalue weighted by Gasteiger charge is -2.17. The molecule has 21 heavy (non-hydrogen) atoms. The first-order valence-electron chi connectivity index (χ1n) is 6.97. The highest BCUT2D eigenvalue weighted by atomic mass is 32.2. The van der Waals surface area contributed by atoms with Crippen molar-refractivity contribution in [2.75, 3.05) is 6.54 Å². The summed E-state index contributed by atoms with van der Waals surface area (Å²) in [4.78, 5) is 11.2. The first kappa shape index (κ1) is 17.7. The van der Waals surface area contributed by atoms with Gasteiger partial charge in [0.25, 0.3) is 0 Å². The van der Waals surface area contributed by atoms with Crippen molar-refractivity contribution in [1.82, 2.24) is 4.72 Å². The Morgan fingerprint density at radius 1 is 1.14 bits per heavy atom. The second-order valence-electron chi connectivity index (χ2n) is 5.76. The number of aliphatic carboxylic acids is 1. The molecule has 0 heterocycles. The van der Waals surface area contributed by atoms with E-state index >= 15 is 0 Å². The molecule has 1 rings (SSSR count). The zero-order valence-electron chi connectivity index (χ0n) is 12.8. The van der Waals surface area contributed by atoms with Crippen LogP contribution in [-0.4, -0.2) is 26.0 Å². The first-order chi connectivity index (χ1) is 9.65. The number of carbonyl (C=O) groups is 1. The summed E-state index contributed by atoms with van der Waals surface area (Å²) in [6.45, 7) is 7.46. The minimum absolute atomic E-state index is 0.110. The second kappa shape index (κ2) is 7.04. The fourth-order valence-corrected chi connectivity index (χ4v) is 2.98. The third-order valence-electron chi connectivity index (χ3n) is 3.47. The van der Waals surface area contributed by atoms with Gasteiger partial charge in [-0.05, 0) is 29.5 Å². The average molecular weight is 313 g/mol. The highest BCUT2D eigenvalue weighted by Crippen LogP contribution is 2.18. The lowest BCUT2D eigenvalue weighted by molar-refractivity contribution is -0.142. The Labute approximate surface area is 126 Å². The van der Waals surface area contributed by atoms with Crippen LogP contribution in [0.25, 0.3) is 0 Å². The summed E-state index contributed by atoms with van der Waals surface area (Å²) in [6.07, 6.45) is 0. The Morgan fingerprint density at radius 3 is 2.05 bits per heavy atom. The van der Waals surface area contributed by atoms with Crippen molar-refractivity contribution in [1.29, 1.82) is 0 Å². The molecule has 0 bridgehead atoms. The number of benzene rings is 1. The Hall–Kier alpha value is -1.40. The molecule has 1 aromatic carbocycles. The van der Waals surface area contributed by atoms with Crippen molar-refractivity contribution in [2.24, 2.45) is 11.8 Å². The van der Waals surface area contributed by atoms with Gasteiger partial charge in [0.2, 0.25) is 10.0 Å². The minimum Gasteiger partial charge on any atom is -0.481 e. The Morgan fingerprint density at radius 2 is 1.67 bits per heavy atom. The van der Waals surface area contributed by atoms with Gasteiger partial charge in [0, 0.05) is 6.54 Å². The number of nitrogens with one attached hydrogen (secondary N) is 1. The molecule has 1 aromatic rings. The van der Waals surface area contributed by atoms with Crippen LogP contribution in [0.15, 0.2) is 29.2 Å². The molecule has 0 aliphatic rings. The van der Waals surface area contributed by atoms with Gasteiger partial charge in [-0.3, -0.25) is 4.79 Å². The molecule has 6 heteroatoms. The van der Waals surface area contributed by atoms with E-state index in [0.717, 1.165) is 5.56 Å².